The Bertz CT molecular complexity index is 686. The quantitative estimate of drug-likeness (QED) is 0.198. The first-order valence-corrected chi connectivity index (χ1v) is 12.9. The van der Waals surface area contributed by atoms with E-state index in [1.54, 1.807) is 0 Å². The molecule has 0 amide bonds. The Morgan fingerprint density at radius 3 is 1.55 bits per heavy atom. The first kappa shape index (κ1) is 29.1. The summed E-state index contributed by atoms with van der Waals surface area (Å²) >= 11 is 0. The molecule has 0 saturated carbocycles. The third-order valence-corrected chi connectivity index (χ3v) is 6.58. The third kappa shape index (κ3) is 7.83. The van der Waals surface area contributed by atoms with Crippen LogP contribution >= 0.6 is 0 Å². The van der Waals surface area contributed by atoms with Crippen molar-refractivity contribution in [3.63, 3.8) is 0 Å². The Balaban J connectivity index is 0.00000125. The number of benzene rings is 2. The molecule has 0 heterocycles. The van der Waals surface area contributed by atoms with E-state index in [9.17, 15) is 0 Å². The Morgan fingerprint density at radius 2 is 1.15 bits per heavy atom. The predicted octanol–water partition coefficient (Wildman–Crippen LogP) is 9.09. The lowest BCUT2D eigenvalue weighted by Crippen LogP contribution is -2.55. The molecule has 2 nitrogen and oxygen atoms in total. The standard InChI is InChI=1S/C27H40O2.C4H8/c1-5-7-8-9-10-17-23-26(28-3,22-6-2)27(29-4,24-18-13-11-14-19-24)25-20-15-12-16-21-25;1-3-4-2/h11-16,18-21H,5-10,17,22-23H2,1-4H3;3H,1,4H2,2H3. The van der Waals surface area contributed by atoms with Gasteiger partial charge >= 0.3 is 0 Å². The maximum absolute atomic E-state index is 6.49. The van der Waals surface area contributed by atoms with Crippen molar-refractivity contribution in [2.24, 2.45) is 0 Å². The van der Waals surface area contributed by atoms with Crippen LogP contribution in [0, 0.1) is 0 Å². The molecule has 1 atom stereocenters. The fourth-order valence-electron chi connectivity index (χ4n) is 4.88. The van der Waals surface area contributed by atoms with Crippen molar-refractivity contribution in [1.29, 1.82) is 0 Å². The van der Waals surface area contributed by atoms with Gasteiger partial charge in [-0.1, -0.05) is 132 Å². The number of unbranched alkanes of at least 4 members (excludes halogenated alkanes) is 5. The molecule has 0 fully saturated rings. The summed E-state index contributed by atoms with van der Waals surface area (Å²) < 4.78 is 12.9. The van der Waals surface area contributed by atoms with Gasteiger partial charge in [0, 0.05) is 14.2 Å². The minimum absolute atomic E-state index is 0.413. The molecule has 2 heteroatoms. The minimum Gasteiger partial charge on any atom is -0.374 e. The fourth-order valence-corrected chi connectivity index (χ4v) is 4.88. The second-order valence-corrected chi connectivity index (χ2v) is 8.78. The van der Waals surface area contributed by atoms with E-state index >= 15 is 0 Å². The molecule has 0 aliphatic carbocycles. The van der Waals surface area contributed by atoms with Gasteiger partial charge in [-0.15, -0.1) is 6.58 Å². The smallest absolute Gasteiger partial charge is 0.146 e. The summed E-state index contributed by atoms with van der Waals surface area (Å²) in [6.45, 7) is 10.1. The van der Waals surface area contributed by atoms with E-state index in [-0.39, 0.29) is 0 Å². The summed E-state index contributed by atoms with van der Waals surface area (Å²) in [5.74, 6) is 0. The summed E-state index contributed by atoms with van der Waals surface area (Å²) in [6.07, 6.45) is 13.6. The Hall–Kier alpha value is -1.90. The molecule has 0 radical (unpaired) electrons. The molecule has 33 heavy (non-hydrogen) atoms. The van der Waals surface area contributed by atoms with Crippen LogP contribution in [-0.4, -0.2) is 19.8 Å². The summed E-state index contributed by atoms with van der Waals surface area (Å²) in [7, 11) is 3.71. The van der Waals surface area contributed by atoms with E-state index in [4.69, 9.17) is 9.47 Å². The molecule has 0 N–H and O–H groups in total. The molecule has 0 bridgehead atoms. The topological polar surface area (TPSA) is 18.5 Å². The zero-order chi connectivity index (χ0) is 24.4. The van der Waals surface area contributed by atoms with Crippen LogP contribution in [0.25, 0.3) is 0 Å². The highest BCUT2D eigenvalue weighted by molar-refractivity contribution is 5.40. The number of ether oxygens (including phenoxy) is 2. The zero-order valence-electron chi connectivity index (χ0n) is 21.9. The zero-order valence-corrected chi connectivity index (χ0v) is 21.9. The maximum Gasteiger partial charge on any atom is 0.146 e. The fraction of sp³-hybridized carbons (Fsp3) is 0.548. The molecule has 0 aliphatic rings. The van der Waals surface area contributed by atoms with Crippen LogP contribution in [0.3, 0.4) is 0 Å². The van der Waals surface area contributed by atoms with Crippen molar-refractivity contribution < 1.29 is 9.47 Å². The molecule has 0 aromatic heterocycles. The van der Waals surface area contributed by atoms with Crippen LogP contribution < -0.4 is 0 Å². The number of hydrogen-bond donors (Lipinski definition) is 0. The van der Waals surface area contributed by atoms with Gasteiger partial charge in [0.1, 0.15) is 11.2 Å². The predicted molar refractivity (Wildman–Crippen MR) is 144 cm³/mol. The molecule has 2 aromatic rings. The van der Waals surface area contributed by atoms with Crippen LogP contribution in [-0.2, 0) is 15.1 Å². The van der Waals surface area contributed by atoms with Crippen LogP contribution in [0.2, 0.25) is 0 Å². The van der Waals surface area contributed by atoms with Crippen molar-refractivity contribution in [2.45, 2.75) is 96.2 Å². The van der Waals surface area contributed by atoms with Crippen molar-refractivity contribution in [2.75, 3.05) is 14.2 Å². The highest BCUT2D eigenvalue weighted by Gasteiger charge is 2.53. The van der Waals surface area contributed by atoms with E-state index in [0.717, 1.165) is 43.2 Å². The van der Waals surface area contributed by atoms with Gasteiger partial charge in [-0.05, 0) is 30.4 Å². The number of allylic oxidation sites excluding steroid dienone is 1. The van der Waals surface area contributed by atoms with E-state index in [0.29, 0.717) is 0 Å². The monoisotopic (exact) mass is 452 g/mol. The number of rotatable bonds is 15. The Kier molecular flexibility index (Phi) is 14.7. The SMILES string of the molecule is C=CCC.CCCCCCCCC(CCC)(OC)C(OC)(c1ccccc1)c1ccccc1. The molecule has 1 unspecified atom stereocenters. The number of methoxy groups -OCH3 is 2. The van der Waals surface area contributed by atoms with E-state index < -0.39 is 11.2 Å². The van der Waals surface area contributed by atoms with Crippen LogP contribution in [0.5, 0.6) is 0 Å². The molecule has 184 valence electrons. The molecular weight excluding hydrogens is 404 g/mol. The highest BCUT2D eigenvalue weighted by atomic mass is 16.5. The second kappa shape index (κ2) is 16.7. The Morgan fingerprint density at radius 1 is 0.667 bits per heavy atom. The number of hydrogen-bond acceptors (Lipinski definition) is 2. The molecule has 0 saturated heterocycles. The minimum atomic E-state index is -0.635. The van der Waals surface area contributed by atoms with Gasteiger partial charge in [0.05, 0.1) is 0 Å². The van der Waals surface area contributed by atoms with Gasteiger partial charge in [-0.3, -0.25) is 0 Å². The van der Waals surface area contributed by atoms with Gasteiger partial charge in [-0.25, -0.2) is 0 Å². The van der Waals surface area contributed by atoms with Crippen molar-refractivity contribution in [3.8, 4) is 0 Å². The third-order valence-electron chi connectivity index (χ3n) is 6.58. The molecule has 2 aromatic carbocycles. The molecule has 2 rings (SSSR count). The molecule has 0 spiro atoms. The van der Waals surface area contributed by atoms with E-state index in [1.807, 2.05) is 20.3 Å². The van der Waals surface area contributed by atoms with Gasteiger partial charge < -0.3 is 9.47 Å². The van der Waals surface area contributed by atoms with Gasteiger partial charge in [0.2, 0.25) is 0 Å². The molecular formula is C31H48O2. The van der Waals surface area contributed by atoms with Crippen LogP contribution in [0.15, 0.2) is 73.3 Å². The van der Waals surface area contributed by atoms with Gasteiger partial charge in [0.25, 0.3) is 0 Å². The highest BCUT2D eigenvalue weighted by Crippen LogP contribution is 2.49. The summed E-state index contributed by atoms with van der Waals surface area (Å²) in [5.41, 5.74) is 1.28. The lowest BCUT2D eigenvalue weighted by atomic mass is 9.68. The first-order valence-electron chi connectivity index (χ1n) is 12.9. The average molecular weight is 453 g/mol. The van der Waals surface area contributed by atoms with Crippen LogP contribution in [0.1, 0.15) is 96.1 Å². The van der Waals surface area contributed by atoms with E-state index in [2.05, 4.69) is 88.0 Å². The van der Waals surface area contributed by atoms with E-state index in [1.165, 1.54) is 32.1 Å². The summed E-state index contributed by atoms with van der Waals surface area (Å²) in [6, 6.07) is 21.3. The largest absolute Gasteiger partial charge is 0.374 e. The second-order valence-electron chi connectivity index (χ2n) is 8.78. The summed E-state index contributed by atoms with van der Waals surface area (Å²) in [5, 5.41) is 0. The maximum atomic E-state index is 6.49. The van der Waals surface area contributed by atoms with Crippen molar-refractivity contribution in [1.82, 2.24) is 0 Å². The van der Waals surface area contributed by atoms with Crippen LogP contribution in [0.4, 0.5) is 0 Å². The Labute approximate surface area is 204 Å². The molecule has 0 aliphatic heterocycles. The van der Waals surface area contributed by atoms with Crippen molar-refractivity contribution >= 4 is 0 Å². The van der Waals surface area contributed by atoms with Gasteiger partial charge in [0.15, 0.2) is 0 Å². The normalized spacial score (nSPS) is 13.0. The average Bonchev–Trinajstić information content (AvgIpc) is 2.88. The summed E-state index contributed by atoms with van der Waals surface area (Å²) in [4.78, 5) is 0. The lowest BCUT2D eigenvalue weighted by Gasteiger charge is -2.50. The first-order chi connectivity index (χ1) is 16.1. The van der Waals surface area contributed by atoms with Gasteiger partial charge in [-0.2, -0.15) is 0 Å². The van der Waals surface area contributed by atoms with Crippen molar-refractivity contribution in [3.05, 3.63) is 84.4 Å². The lowest BCUT2D eigenvalue weighted by molar-refractivity contribution is -0.179.